The molecule has 3 aromatic carbocycles. The Balaban J connectivity index is 1.58. The van der Waals surface area contributed by atoms with E-state index in [1.807, 2.05) is 60.7 Å². The number of rotatable bonds is 4. The summed E-state index contributed by atoms with van der Waals surface area (Å²) in [5.74, 6) is -0.0395. The molecule has 0 bridgehead atoms. The van der Waals surface area contributed by atoms with Crippen molar-refractivity contribution in [3.05, 3.63) is 96.1 Å². The number of anilines is 2. The van der Waals surface area contributed by atoms with Crippen molar-refractivity contribution in [2.45, 2.75) is 38.4 Å². The van der Waals surface area contributed by atoms with Gasteiger partial charge in [-0.25, -0.2) is 0 Å². The normalized spacial score (nSPS) is 18.5. The minimum Gasteiger partial charge on any atom is -0.354 e. The van der Waals surface area contributed by atoms with Crippen LogP contribution in [-0.2, 0) is 14.9 Å². The SMILES string of the molecule is CC(C)(C)c1ccc([C@H]2O[C@@H]2C(=O)N(c2ccccc2)c2ccccc2)cc1. The van der Waals surface area contributed by atoms with E-state index in [2.05, 4.69) is 45.0 Å². The zero-order chi connectivity index (χ0) is 19.7. The van der Waals surface area contributed by atoms with Crippen LogP contribution in [0.5, 0.6) is 0 Å². The van der Waals surface area contributed by atoms with E-state index >= 15 is 0 Å². The molecule has 3 heteroatoms. The molecule has 1 amide bonds. The highest BCUT2D eigenvalue weighted by atomic mass is 16.6. The van der Waals surface area contributed by atoms with Crippen LogP contribution >= 0.6 is 0 Å². The Morgan fingerprint density at radius 3 is 1.75 bits per heavy atom. The minimum atomic E-state index is -0.458. The second kappa shape index (κ2) is 7.25. The van der Waals surface area contributed by atoms with Crippen molar-refractivity contribution in [3.8, 4) is 0 Å². The van der Waals surface area contributed by atoms with Gasteiger partial charge in [0.25, 0.3) is 5.91 Å². The molecule has 0 aliphatic carbocycles. The Hall–Kier alpha value is -2.91. The highest BCUT2D eigenvalue weighted by Crippen LogP contribution is 2.42. The molecule has 1 heterocycles. The topological polar surface area (TPSA) is 32.8 Å². The Morgan fingerprint density at radius 2 is 1.29 bits per heavy atom. The maximum Gasteiger partial charge on any atom is 0.263 e. The highest BCUT2D eigenvalue weighted by molar-refractivity contribution is 6.04. The Kier molecular flexibility index (Phi) is 4.78. The van der Waals surface area contributed by atoms with E-state index in [0.717, 1.165) is 16.9 Å². The number of ether oxygens (including phenoxy) is 1. The highest BCUT2D eigenvalue weighted by Gasteiger charge is 2.48. The molecular weight excluding hydrogens is 346 g/mol. The van der Waals surface area contributed by atoms with Crippen LogP contribution in [-0.4, -0.2) is 12.0 Å². The van der Waals surface area contributed by atoms with Crippen molar-refractivity contribution < 1.29 is 9.53 Å². The lowest BCUT2D eigenvalue weighted by atomic mass is 9.86. The molecule has 1 fully saturated rings. The van der Waals surface area contributed by atoms with E-state index in [4.69, 9.17) is 4.74 Å². The summed E-state index contributed by atoms with van der Waals surface area (Å²) in [4.78, 5) is 15.1. The predicted octanol–water partition coefficient (Wildman–Crippen LogP) is 5.79. The van der Waals surface area contributed by atoms with Gasteiger partial charge in [0.05, 0.1) is 0 Å². The average Bonchev–Trinajstić information content (AvgIpc) is 3.50. The number of hydrogen-bond donors (Lipinski definition) is 0. The third-order valence-electron chi connectivity index (χ3n) is 5.09. The van der Waals surface area contributed by atoms with Gasteiger partial charge in [0, 0.05) is 11.4 Å². The summed E-state index contributed by atoms with van der Waals surface area (Å²) in [6, 6.07) is 27.8. The summed E-state index contributed by atoms with van der Waals surface area (Å²) < 4.78 is 5.82. The molecule has 2 atom stereocenters. The molecule has 0 aromatic heterocycles. The number of amides is 1. The Bertz CT molecular complexity index is 904. The first-order valence-corrected chi connectivity index (χ1v) is 9.65. The van der Waals surface area contributed by atoms with E-state index in [1.165, 1.54) is 5.56 Å². The van der Waals surface area contributed by atoms with Crippen LogP contribution in [0.1, 0.15) is 38.0 Å². The smallest absolute Gasteiger partial charge is 0.263 e. The lowest BCUT2D eigenvalue weighted by Crippen LogP contribution is -2.30. The maximum absolute atomic E-state index is 13.3. The van der Waals surface area contributed by atoms with Gasteiger partial charge in [-0.1, -0.05) is 81.4 Å². The molecule has 1 aliphatic rings. The number of nitrogens with zero attached hydrogens (tertiary/aromatic N) is 1. The molecule has 1 saturated heterocycles. The van der Waals surface area contributed by atoms with Crippen LogP contribution < -0.4 is 4.90 Å². The number of carbonyl (C=O) groups excluding carboxylic acids is 1. The van der Waals surface area contributed by atoms with Crippen LogP contribution in [0.25, 0.3) is 0 Å². The Labute approximate surface area is 166 Å². The average molecular weight is 371 g/mol. The molecule has 4 rings (SSSR count). The number of benzene rings is 3. The zero-order valence-corrected chi connectivity index (χ0v) is 16.5. The summed E-state index contributed by atoms with van der Waals surface area (Å²) in [6.45, 7) is 6.58. The Morgan fingerprint density at radius 1 is 0.786 bits per heavy atom. The quantitative estimate of drug-likeness (QED) is 0.544. The van der Waals surface area contributed by atoms with Crippen molar-refractivity contribution in [2.24, 2.45) is 0 Å². The van der Waals surface area contributed by atoms with Crippen LogP contribution in [0.4, 0.5) is 11.4 Å². The van der Waals surface area contributed by atoms with Crippen LogP contribution in [0, 0.1) is 0 Å². The van der Waals surface area contributed by atoms with Gasteiger partial charge in [-0.2, -0.15) is 0 Å². The van der Waals surface area contributed by atoms with Gasteiger partial charge >= 0.3 is 0 Å². The van der Waals surface area contributed by atoms with E-state index in [1.54, 1.807) is 4.90 Å². The standard InChI is InChI=1S/C25H25NO2/c1-25(2,3)19-16-14-18(15-17-19)22-23(28-22)24(27)26(20-10-6-4-7-11-20)21-12-8-5-9-13-21/h4-17,22-23H,1-3H3/t22-,23+/m1/s1. The lowest BCUT2D eigenvalue weighted by Gasteiger charge is -2.22. The van der Waals surface area contributed by atoms with E-state index in [0.29, 0.717) is 0 Å². The van der Waals surface area contributed by atoms with Gasteiger partial charge in [0.1, 0.15) is 6.10 Å². The molecule has 142 valence electrons. The molecule has 0 radical (unpaired) electrons. The molecule has 0 N–H and O–H groups in total. The number of hydrogen-bond acceptors (Lipinski definition) is 2. The van der Waals surface area contributed by atoms with E-state index in [9.17, 15) is 4.79 Å². The van der Waals surface area contributed by atoms with Gasteiger partial charge in [-0.3, -0.25) is 9.69 Å². The zero-order valence-electron chi connectivity index (χ0n) is 16.5. The van der Waals surface area contributed by atoms with Gasteiger partial charge in [-0.15, -0.1) is 0 Å². The van der Waals surface area contributed by atoms with Gasteiger partial charge in [0.15, 0.2) is 6.10 Å². The van der Waals surface area contributed by atoms with Crippen LogP contribution in [0.15, 0.2) is 84.9 Å². The predicted molar refractivity (Wildman–Crippen MR) is 113 cm³/mol. The molecule has 3 nitrogen and oxygen atoms in total. The molecule has 28 heavy (non-hydrogen) atoms. The first-order valence-electron chi connectivity index (χ1n) is 9.65. The third kappa shape index (κ3) is 3.71. The van der Waals surface area contributed by atoms with Crippen molar-refractivity contribution in [1.29, 1.82) is 0 Å². The van der Waals surface area contributed by atoms with Crippen LogP contribution in [0.3, 0.4) is 0 Å². The minimum absolute atomic E-state index is 0.0395. The fourth-order valence-corrected chi connectivity index (χ4v) is 3.41. The largest absolute Gasteiger partial charge is 0.354 e. The number of para-hydroxylation sites is 2. The molecular formula is C25H25NO2. The number of epoxide rings is 1. The first kappa shape index (κ1) is 18.5. The van der Waals surface area contributed by atoms with Crippen LogP contribution in [0.2, 0.25) is 0 Å². The summed E-state index contributed by atoms with van der Waals surface area (Å²) in [7, 11) is 0. The summed E-state index contributed by atoms with van der Waals surface area (Å²) >= 11 is 0. The fraction of sp³-hybridized carbons (Fsp3) is 0.240. The molecule has 0 unspecified atom stereocenters. The van der Waals surface area contributed by atoms with Gasteiger partial charge < -0.3 is 4.74 Å². The summed E-state index contributed by atoms with van der Waals surface area (Å²) in [5, 5.41) is 0. The maximum atomic E-state index is 13.3. The molecule has 0 saturated carbocycles. The molecule has 1 aliphatic heterocycles. The van der Waals surface area contributed by atoms with E-state index < -0.39 is 6.10 Å². The molecule has 3 aromatic rings. The molecule has 0 spiro atoms. The van der Waals surface area contributed by atoms with Crippen molar-refractivity contribution in [3.63, 3.8) is 0 Å². The third-order valence-corrected chi connectivity index (χ3v) is 5.09. The fourth-order valence-electron chi connectivity index (χ4n) is 3.41. The van der Waals surface area contributed by atoms with Crippen molar-refractivity contribution >= 4 is 17.3 Å². The van der Waals surface area contributed by atoms with Crippen molar-refractivity contribution in [2.75, 3.05) is 4.90 Å². The second-order valence-electron chi connectivity index (χ2n) is 8.19. The lowest BCUT2D eigenvalue weighted by molar-refractivity contribution is -0.119. The first-order chi connectivity index (χ1) is 13.4. The number of carbonyl (C=O) groups is 1. The monoisotopic (exact) mass is 371 g/mol. The van der Waals surface area contributed by atoms with E-state index in [-0.39, 0.29) is 17.4 Å². The van der Waals surface area contributed by atoms with Gasteiger partial charge in [-0.05, 0) is 40.8 Å². The second-order valence-corrected chi connectivity index (χ2v) is 8.19. The van der Waals surface area contributed by atoms with Crippen molar-refractivity contribution in [1.82, 2.24) is 0 Å². The summed E-state index contributed by atoms with van der Waals surface area (Å²) in [6.07, 6.45) is -0.641. The van der Waals surface area contributed by atoms with Gasteiger partial charge in [0.2, 0.25) is 0 Å². The summed E-state index contributed by atoms with van der Waals surface area (Å²) in [5.41, 5.74) is 4.12.